The third kappa shape index (κ3) is 3.21. The minimum Gasteiger partial charge on any atom is -0.330 e. The number of rotatable bonds is 3. The largest absolute Gasteiger partial charge is 0.330 e. The first-order valence-corrected chi connectivity index (χ1v) is 6.57. The summed E-state index contributed by atoms with van der Waals surface area (Å²) < 4.78 is 3.65. The SMILES string of the molecule is Cc1nc([C@H](C)NC(=O)Nc2cnns2)cs1. The van der Waals surface area contributed by atoms with Crippen molar-refractivity contribution in [2.24, 2.45) is 0 Å². The molecule has 2 heterocycles. The molecule has 6 nitrogen and oxygen atoms in total. The molecule has 0 fully saturated rings. The number of amides is 2. The van der Waals surface area contributed by atoms with Gasteiger partial charge in [-0.05, 0) is 13.8 Å². The number of carbonyl (C=O) groups excluding carboxylic acids is 1. The van der Waals surface area contributed by atoms with Crippen LogP contribution < -0.4 is 10.6 Å². The lowest BCUT2D eigenvalue weighted by molar-refractivity contribution is 0.249. The Morgan fingerprint density at radius 1 is 1.53 bits per heavy atom. The number of urea groups is 1. The number of anilines is 1. The van der Waals surface area contributed by atoms with Crippen molar-refractivity contribution in [3.8, 4) is 0 Å². The lowest BCUT2D eigenvalue weighted by Crippen LogP contribution is -2.31. The highest BCUT2D eigenvalue weighted by Gasteiger charge is 2.12. The molecule has 0 saturated heterocycles. The molecule has 0 saturated carbocycles. The molecular formula is C9H11N5OS2. The highest BCUT2D eigenvalue weighted by molar-refractivity contribution is 7.10. The van der Waals surface area contributed by atoms with Gasteiger partial charge in [0, 0.05) is 16.9 Å². The first-order chi connectivity index (χ1) is 8.15. The zero-order valence-electron chi connectivity index (χ0n) is 9.30. The fourth-order valence-corrected chi connectivity index (χ4v) is 2.34. The van der Waals surface area contributed by atoms with Crippen molar-refractivity contribution in [1.29, 1.82) is 0 Å². The molecule has 17 heavy (non-hydrogen) atoms. The van der Waals surface area contributed by atoms with Crippen molar-refractivity contribution in [1.82, 2.24) is 19.9 Å². The summed E-state index contributed by atoms with van der Waals surface area (Å²) in [5, 5.41) is 12.6. The van der Waals surface area contributed by atoms with E-state index in [1.54, 1.807) is 11.3 Å². The van der Waals surface area contributed by atoms with E-state index in [-0.39, 0.29) is 12.1 Å². The van der Waals surface area contributed by atoms with Gasteiger partial charge in [-0.25, -0.2) is 9.78 Å². The van der Waals surface area contributed by atoms with E-state index < -0.39 is 0 Å². The normalized spacial score (nSPS) is 12.1. The van der Waals surface area contributed by atoms with Crippen molar-refractivity contribution in [2.45, 2.75) is 19.9 Å². The Labute approximate surface area is 106 Å². The first-order valence-electron chi connectivity index (χ1n) is 4.92. The molecule has 0 unspecified atom stereocenters. The first kappa shape index (κ1) is 11.9. The standard InChI is InChI=1S/C9H11N5OS2/c1-5(7-4-16-6(2)12-7)11-9(15)13-8-3-10-14-17-8/h3-5H,1-2H3,(H2,11,13,15)/t5-/m0/s1. The molecule has 1 atom stereocenters. The predicted octanol–water partition coefficient (Wildman–Crippen LogP) is 2.19. The number of aromatic nitrogens is 3. The van der Waals surface area contributed by atoms with E-state index >= 15 is 0 Å². The third-order valence-electron chi connectivity index (χ3n) is 2.03. The third-order valence-corrected chi connectivity index (χ3v) is 3.40. The lowest BCUT2D eigenvalue weighted by atomic mass is 10.3. The Bertz CT molecular complexity index is 495. The minimum atomic E-state index is -0.283. The number of carbonyl (C=O) groups is 1. The minimum absolute atomic E-state index is 0.124. The van der Waals surface area contributed by atoms with Gasteiger partial charge in [-0.15, -0.1) is 16.4 Å². The molecule has 2 aromatic heterocycles. The van der Waals surface area contributed by atoms with Gasteiger partial charge in [0.15, 0.2) is 0 Å². The zero-order chi connectivity index (χ0) is 12.3. The zero-order valence-corrected chi connectivity index (χ0v) is 10.9. The van der Waals surface area contributed by atoms with Crippen molar-refractivity contribution < 1.29 is 4.79 Å². The molecule has 0 aromatic carbocycles. The quantitative estimate of drug-likeness (QED) is 0.895. The molecule has 0 radical (unpaired) electrons. The smallest absolute Gasteiger partial charge is 0.320 e. The number of nitrogens with zero attached hydrogens (tertiary/aromatic N) is 3. The molecule has 8 heteroatoms. The van der Waals surface area contributed by atoms with Crippen molar-refractivity contribution in [2.75, 3.05) is 5.32 Å². The summed E-state index contributed by atoms with van der Waals surface area (Å²) >= 11 is 2.70. The molecule has 0 bridgehead atoms. The Morgan fingerprint density at radius 2 is 2.35 bits per heavy atom. The summed E-state index contributed by atoms with van der Waals surface area (Å²) in [4.78, 5) is 15.9. The fraction of sp³-hybridized carbons (Fsp3) is 0.333. The Morgan fingerprint density at radius 3 is 2.94 bits per heavy atom. The summed E-state index contributed by atoms with van der Waals surface area (Å²) in [7, 11) is 0. The lowest BCUT2D eigenvalue weighted by Gasteiger charge is -2.11. The molecule has 0 aliphatic carbocycles. The Balaban J connectivity index is 1.90. The average Bonchev–Trinajstić information content (AvgIpc) is 2.89. The van der Waals surface area contributed by atoms with Gasteiger partial charge in [-0.2, -0.15) is 0 Å². The van der Waals surface area contributed by atoms with Crippen LogP contribution in [0.2, 0.25) is 0 Å². The topological polar surface area (TPSA) is 79.8 Å². The van der Waals surface area contributed by atoms with Crippen LogP contribution in [-0.4, -0.2) is 20.6 Å². The van der Waals surface area contributed by atoms with E-state index in [2.05, 4.69) is 25.2 Å². The van der Waals surface area contributed by atoms with E-state index in [1.807, 2.05) is 19.2 Å². The molecular weight excluding hydrogens is 258 g/mol. The molecule has 2 amide bonds. The molecule has 0 spiro atoms. The molecule has 90 valence electrons. The van der Waals surface area contributed by atoms with Crippen LogP contribution in [0.25, 0.3) is 0 Å². The second-order valence-electron chi connectivity index (χ2n) is 3.39. The Hall–Kier alpha value is -1.54. The van der Waals surface area contributed by atoms with Gasteiger partial charge in [0.2, 0.25) is 0 Å². The van der Waals surface area contributed by atoms with Crippen LogP contribution in [0, 0.1) is 6.92 Å². The van der Waals surface area contributed by atoms with Crippen LogP contribution in [-0.2, 0) is 0 Å². The van der Waals surface area contributed by atoms with E-state index in [1.165, 1.54) is 6.20 Å². The van der Waals surface area contributed by atoms with Crippen LogP contribution in [0.4, 0.5) is 9.80 Å². The van der Waals surface area contributed by atoms with Crippen LogP contribution in [0.5, 0.6) is 0 Å². The second kappa shape index (κ2) is 5.19. The van der Waals surface area contributed by atoms with Gasteiger partial charge in [-0.1, -0.05) is 4.49 Å². The van der Waals surface area contributed by atoms with E-state index in [0.717, 1.165) is 22.2 Å². The molecule has 2 N–H and O–H groups in total. The summed E-state index contributed by atoms with van der Waals surface area (Å²) in [6.07, 6.45) is 1.50. The van der Waals surface area contributed by atoms with E-state index in [9.17, 15) is 4.79 Å². The van der Waals surface area contributed by atoms with Gasteiger partial charge in [0.05, 0.1) is 22.9 Å². The van der Waals surface area contributed by atoms with Crippen LogP contribution in [0.1, 0.15) is 23.7 Å². The highest BCUT2D eigenvalue weighted by Crippen LogP contribution is 2.16. The van der Waals surface area contributed by atoms with Crippen molar-refractivity contribution in [3.05, 3.63) is 22.3 Å². The summed E-state index contributed by atoms with van der Waals surface area (Å²) in [6, 6.07) is -0.407. The van der Waals surface area contributed by atoms with Crippen LogP contribution in [0.3, 0.4) is 0 Å². The van der Waals surface area contributed by atoms with Gasteiger partial charge in [0.25, 0.3) is 0 Å². The van der Waals surface area contributed by atoms with Gasteiger partial charge >= 0.3 is 6.03 Å². The monoisotopic (exact) mass is 269 g/mol. The van der Waals surface area contributed by atoms with Crippen LogP contribution >= 0.6 is 22.9 Å². The number of thiazole rings is 1. The van der Waals surface area contributed by atoms with Crippen molar-refractivity contribution >= 4 is 33.9 Å². The van der Waals surface area contributed by atoms with E-state index in [0.29, 0.717) is 5.00 Å². The van der Waals surface area contributed by atoms with Gasteiger partial charge in [0.1, 0.15) is 5.00 Å². The van der Waals surface area contributed by atoms with Gasteiger partial charge < -0.3 is 5.32 Å². The van der Waals surface area contributed by atoms with E-state index in [4.69, 9.17) is 0 Å². The molecule has 2 aromatic rings. The van der Waals surface area contributed by atoms with Crippen molar-refractivity contribution in [3.63, 3.8) is 0 Å². The molecule has 0 aliphatic heterocycles. The number of hydrogen-bond acceptors (Lipinski definition) is 6. The Kier molecular flexibility index (Phi) is 3.64. The van der Waals surface area contributed by atoms with Gasteiger partial charge in [-0.3, -0.25) is 5.32 Å². The number of aryl methyl sites for hydroxylation is 1. The molecule has 2 rings (SSSR count). The van der Waals surface area contributed by atoms with Crippen LogP contribution in [0.15, 0.2) is 11.6 Å². The maximum Gasteiger partial charge on any atom is 0.320 e. The number of nitrogens with one attached hydrogen (secondary N) is 2. The maximum absolute atomic E-state index is 11.6. The number of hydrogen-bond donors (Lipinski definition) is 2. The molecule has 0 aliphatic rings. The summed E-state index contributed by atoms with van der Waals surface area (Å²) in [5.74, 6) is 0. The summed E-state index contributed by atoms with van der Waals surface area (Å²) in [6.45, 7) is 3.82. The second-order valence-corrected chi connectivity index (χ2v) is 5.24. The average molecular weight is 269 g/mol. The summed E-state index contributed by atoms with van der Waals surface area (Å²) in [5.41, 5.74) is 0.866. The maximum atomic E-state index is 11.6. The predicted molar refractivity (Wildman–Crippen MR) is 67.3 cm³/mol. The highest BCUT2D eigenvalue weighted by atomic mass is 32.1. The fourth-order valence-electron chi connectivity index (χ4n) is 1.22.